The molecule has 1 N–H and O–H groups in total. The summed E-state index contributed by atoms with van der Waals surface area (Å²) in [6.45, 7) is 0. The maximum Gasteiger partial charge on any atom is 0.159 e. The van der Waals surface area contributed by atoms with E-state index in [1.54, 1.807) is 0 Å². The number of rotatable bonds is 5. The number of aliphatic imine (C=N–C) groups is 2. The average Bonchev–Trinajstić information content (AvgIpc) is 3.43. The van der Waals surface area contributed by atoms with Crippen LogP contribution >= 0.6 is 0 Å². The van der Waals surface area contributed by atoms with Crippen molar-refractivity contribution in [3.63, 3.8) is 0 Å². The fourth-order valence-corrected chi connectivity index (χ4v) is 6.06. The number of fused-ring (bicyclic) bond motifs is 3. The van der Waals surface area contributed by atoms with Crippen LogP contribution in [0, 0.1) is 0 Å². The predicted octanol–water partition coefficient (Wildman–Crippen LogP) is 8.24. The quantitative estimate of drug-likeness (QED) is 0.233. The number of aromatic nitrogens is 2. The summed E-state index contributed by atoms with van der Waals surface area (Å²) in [4.78, 5) is 15.0. The topological polar surface area (TPSA) is 54.6 Å². The monoisotopic (exact) mass is 555 g/mol. The third kappa shape index (κ3) is 4.65. The summed E-state index contributed by atoms with van der Waals surface area (Å²) in [6, 6.07) is 40.0. The molecule has 0 fully saturated rings. The van der Waals surface area contributed by atoms with Crippen LogP contribution in [0.5, 0.6) is 0 Å². The third-order valence-corrected chi connectivity index (χ3v) is 8.20. The minimum Gasteiger partial charge on any atom is -0.344 e. The van der Waals surface area contributed by atoms with Gasteiger partial charge in [-0.3, -0.25) is 4.57 Å². The minimum absolute atomic E-state index is 0.150. The lowest BCUT2D eigenvalue weighted by Crippen LogP contribution is -2.40. The Labute approximate surface area is 250 Å². The Morgan fingerprint density at radius 1 is 0.674 bits per heavy atom. The van der Waals surface area contributed by atoms with Gasteiger partial charge in [0.15, 0.2) is 5.84 Å². The summed E-state index contributed by atoms with van der Waals surface area (Å²) in [5, 5.41) is 6.04. The molecule has 5 heteroatoms. The lowest BCUT2D eigenvalue weighted by Gasteiger charge is -2.26. The van der Waals surface area contributed by atoms with Crippen molar-refractivity contribution in [1.82, 2.24) is 14.9 Å². The molecule has 2 aliphatic rings. The number of hydrogen-bond acceptors (Lipinski definition) is 4. The van der Waals surface area contributed by atoms with Gasteiger partial charge >= 0.3 is 0 Å². The van der Waals surface area contributed by atoms with E-state index >= 15 is 0 Å². The van der Waals surface area contributed by atoms with Crippen molar-refractivity contribution < 1.29 is 0 Å². The maximum atomic E-state index is 5.09. The Kier molecular flexibility index (Phi) is 6.26. The Bertz CT molecular complexity index is 2040. The summed E-state index contributed by atoms with van der Waals surface area (Å²) in [5.41, 5.74) is 7.73. The van der Waals surface area contributed by atoms with Gasteiger partial charge in [0.25, 0.3) is 0 Å². The van der Waals surface area contributed by atoms with Crippen LogP contribution in [-0.2, 0) is 0 Å². The zero-order valence-electron chi connectivity index (χ0n) is 23.6. The first kappa shape index (κ1) is 25.2. The van der Waals surface area contributed by atoms with Crippen molar-refractivity contribution in [3.8, 4) is 16.9 Å². The van der Waals surface area contributed by atoms with E-state index in [9.17, 15) is 0 Å². The molecule has 1 unspecified atom stereocenters. The fourth-order valence-electron chi connectivity index (χ4n) is 6.06. The molecule has 0 bridgehead atoms. The van der Waals surface area contributed by atoms with Gasteiger partial charge in [0.1, 0.15) is 17.8 Å². The number of nitrogens with one attached hydrogen (secondary N) is 1. The smallest absolute Gasteiger partial charge is 0.159 e. The first-order valence-electron chi connectivity index (χ1n) is 14.7. The molecule has 3 heterocycles. The van der Waals surface area contributed by atoms with Gasteiger partial charge < -0.3 is 5.32 Å². The molecular formula is C38H29N5. The van der Waals surface area contributed by atoms with Crippen molar-refractivity contribution in [2.75, 3.05) is 0 Å². The molecule has 0 saturated heterocycles. The molecule has 1 aliphatic heterocycles. The number of pyridine rings is 1. The molecule has 1 aliphatic carbocycles. The first-order valence-corrected chi connectivity index (χ1v) is 14.7. The molecule has 0 radical (unpaired) electrons. The van der Waals surface area contributed by atoms with E-state index in [1.807, 2.05) is 24.4 Å². The molecule has 0 amide bonds. The largest absolute Gasteiger partial charge is 0.344 e. The van der Waals surface area contributed by atoms with Gasteiger partial charge in [-0.15, -0.1) is 0 Å². The second-order valence-corrected chi connectivity index (χ2v) is 10.9. The summed E-state index contributed by atoms with van der Waals surface area (Å²) >= 11 is 0. The highest BCUT2D eigenvalue weighted by Crippen LogP contribution is 2.32. The van der Waals surface area contributed by atoms with Crippen LogP contribution in [0.1, 0.15) is 24.0 Å². The lowest BCUT2D eigenvalue weighted by molar-refractivity contribution is 0.677. The highest BCUT2D eigenvalue weighted by Gasteiger charge is 2.23. The zero-order valence-corrected chi connectivity index (χ0v) is 23.6. The molecule has 2 aromatic heterocycles. The SMILES string of the molecule is C1=CCCC(C2N=C(c3cccc(-c4ccc(-n5c6ccccc6c6ccccc65)nc4)c3)N=C(c3ccccc3)N2)=C1. The fraction of sp³-hybridized carbons (Fsp3) is 0.0789. The number of nitrogens with zero attached hydrogens (tertiary/aromatic N) is 4. The molecule has 5 nitrogen and oxygen atoms in total. The molecule has 6 aromatic rings. The summed E-state index contributed by atoms with van der Waals surface area (Å²) in [6.07, 6.45) is 10.3. The standard InChI is InChI=1S/C38H29N5/c1-3-12-26(13-4-1)36-40-37(27-14-5-2-6-15-27)42-38(41-36)29-17-11-16-28(24-29)30-22-23-35(39-25-30)43-33-20-9-7-18-31(33)32-19-8-10-21-34(32)43/h1-5,7-14,16-25,37H,6,15H2,(H,40,41,42). The molecule has 1 atom stereocenters. The number of amidine groups is 2. The van der Waals surface area contributed by atoms with Crippen molar-refractivity contribution >= 4 is 33.5 Å². The predicted molar refractivity (Wildman–Crippen MR) is 177 cm³/mol. The lowest BCUT2D eigenvalue weighted by atomic mass is 10.0. The molecule has 4 aromatic carbocycles. The van der Waals surface area contributed by atoms with Gasteiger partial charge in [-0.25, -0.2) is 15.0 Å². The van der Waals surface area contributed by atoms with Crippen molar-refractivity contribution in [1.29, 1.82) is 0 Å². The van der Waals surface area contributed by atoms with Gasteiger partial charge in [0, 0.05) is 33.7 Å². The summed E-state index contributed by atoms with van der Waals surface area (Å²) in [7, 11) is 0. The van der Waals surface area contributed by atoms with E-state index in [4.69, 9.17) is 15.0 Å². The van der Waals surface area contributed by atoms with Gasteiger partial charge in [0.2, 0.25) is 0 Å². The van der Waals surface area contributed by atoms with Crippen molar-refractivity contribution in [2.24, 2.45) is 9.98 Å². The van der Waals surface area contributed by atoms with E-state index in [-0.39, 0.29) is 6.17 Å². The summed E-state index contributed by atoms with van der Waals surface area (Å²) < 4.78 is 2.24. The number of allylic oxidation sites excluding steroid dienone is 3. The Hall–Kier alpha value is -5.55. The second-order valence-electron chi connectivity index (χ2n) is 10.9. The van der Waals surface area contributed by atoms with Gasteiger partial charge in [0.05, 0.1) is 11.0 Å². The van der Waals surface area contributed by atoms with E-state index in [2.05, 4.69) is 125 Å². The Morgan fingerprint density at radius 3 is 2.12 bits per heavy atom. The first-order chi connectivity index (χ1) is 21.3. The van der Waals surface area contributed by atoms with Crippen molar-refractivity contribution in [2.45, 2.75) is 19.0 Å². The van der Waals surface area contributed by atoms with E-state index in [0.717, 1.165) is 63.6 Å². The molecule has 0 spiro atoms. The van der Waals surface area contributed by atoms with Crippen LogP contribution in [-0.4, -0.2) is 27.4 Å². The molecule has 0 saturated carbocycles. The molecule has 8 rings (SSSR count). The molecule has 206 valence electrons. The van der Waals surface area contributed by atoms with E-state index < -0.39 is 0 Å². The van der Waals surface area contributed by atoms with E-state index in [1.165, 1.54) is 16.3 Å². The van der Waals surface area contributed by atoms with Crippen LogP contribution in [0.4, 0.5) is 0 Å². The third-order valence-electron chi connectivity index (χ3n) is 8.20. The Balaban J connectivity index is 1.16. The maximum absolute atomic E-state index is 5.09. The molecular weight excluding hydrogens is 526 g/mol. The number of para-hydroxylation sites is 2. The number of hydrogen-bond donors (Lipinski definition) is 1. The highest BCUT2D eigenvalue weighted by molar-refractivity contribution is 6.13. The highest BCUT2D eigenvalue weighted by atomic mass is 15.2. The number of benzene rings is 4. The van der Waals surface area contributed by atoms with Gasteiger partial charge in [-0.2, -0.15) is 0 Å². The minimum atomic E-state index is -0.150. The van der Waals surface area contributed by atoms with Crippen LogP contribution in [0.3, 0.4) is 0 Å². The van der Waals surface area contributed by atoms with Gasteiger partial charge in [-0.1, -0.05) is 103 Å². The van der Waals surface area contributed by atoms with Crippen LogP contribution < -0.4 is 5.32 Å². The zero-order chi connectivity index (χ0) is 28.6. The summed E-state index contributed by atoms with van der Waals surface area (Å²) in [5.74, 6) is 2.47. The Morgan fingerprint density at radius 2 is 1.40 bits per heavy atom. The van der Waals surface area contributed by atoms with Crippen molar-refractivity contribution in [3.05, 3.63) is 156 Å². The van der Waals surface area contributed by atoms with Crippen LogP contribution in [0.25, 0.3) is 38.8 Å². The van der Waals surface area contributed by atoms with Crippen LogP contribution in [0.2, 0.25) is 0 Å². The van der Waals surface area contributed by atoms with Crippen LogP contribution in [0.15, 0.2) is 155 Å². The normalized spacial score (nSPS) is 16.5. The average molecular weight is 556 g/mol. The second kappa shape index (κ2) is 10.7. The van der Waals surface area contributed by atoms with Gasteiger partial charge in [-0.05, 0) is 54.3 Å². The van der Waals surface area contributed by atoms with E-state index in [0.29, 0.717) is 0 Å². The molecule has 43 heavy (non-hydrogen) atoms.